The number of rotatable bonds is 4. The topological polar surface area (TPSA) is 20.3 Å². The molecule has 1 amide bonds. The van der Waals surface area contributed by atoms with E-state index in [9.17, 15) is 4.79 Å². The Labute approximate surface area is 141 Å². The zero-order valence-corrected chi connectivity index (χ0v) is 14.1. The van der Waals surface area contributed by atoms with Crippen molar-refractivity contribution in [3.05, 3.63) is 72.3 Å². The molecule has 3 heteroatoms. The molecule has 0 spiro atoms. The third-order valence-electron chi connectivity index (χ3n) is 3.96. The summed E-state index contributed by atoms with van der Waals surface area (Å²) < 4.78 is 0. The van der Waals surface area contributed by atoms with Crippen LogP contribution in [0.15, 0.2) is 71.6 Å². The average molecular weight is 321 g/mol. The standard InChI is InChI=1S/C20H19NOS/c1-3-21(20(22)17-12-6-7-14-19(17)23-2)18-13-8-10-15-9-4-5-11-16(15)18/h4-14H,3H2,1-2H3. The van der Waals surface area contributed by atoms with Crippen molar-refractivity contribution in [3.8, 4) is 0 Å². The summed E-state index contributed by atoms with van der Waals surface area (Å²) in [5, 5.41) is 2.25. The zero-order chi connectivity index (χ0) is 16.2. The van der Waals surface area contributed by atoms with Crippen molar-refractivity contribution >= 4 is 34.1 Å². The number of hydrogen-bond acceptors (Lipinski definition) is 2. The number of thioether (sulfide) groups is 1. The average Bonchev–Trinajstić information content (AvgIpc) is 2.62. The van der Waals surface area contributed by atoms with Gasteiger partial charge < -0.3 is 4.90 Å². The van der Waals surface area contributed by atoms with Gasteiger partial charge in [-0.1, -0.05) is 48.5 Å². The minimum absolute atomic E-state index is 0.0498. The normalized spacial score (nSPS) is 10.7. The fourth-order valence-electron chi connectivity index (χ4n) is 2.83. The maximum atomic E-state index is 13.1. The van der Waals surface area contributed by atoms with Crippen LogP contribution in [0.2, 0.25) is 0 Å². The molecule has 0 unspecified atom stereocenters. The number of amides is 1. The van der Waals surface area contributed by atoms with E-state index >= 15 is 0 Å². The van der Waals surface area contributed by atoms with Crippen molar-refractivity contribution in [1.29, 1.82) is 0 Å². The number of fused-ring (bicyclic) bond motifs is 1. The van der Waals surface area contributed by atoms with Crippen LogP contribution in [-0.4, -0.2) is 18.7 Å². The Morgan fingerprint density at radius 1 is 0.957 bits per heavy atom. The third-order valence-corrected chi connectivity index (χ3v) is 4.75. The van der Waals surface area contributed by atoms with E-state index in [0.29, 0.717) is 6.54 Å². The van der Waals surface area contributed by atoms with Gasteiger partial charge in [-0.25, -0.2) is 0 Å². The molecule has 0 aliphatic carbocycles. The Balaban J connectivity index is 2.10. The van der Waals surface area contributed by atoms with Gasteiger partial charge in [0.1, 0.15) is 0 Å². The van der Waals surface area contributed by atoms with Crippen LogP contribution in [0.1, 0.15) is 17.3 Å². The van der Waals surface area contributed by atoms with Crippen LogP contribution in [-0.2, 0) is 0 Å². The summed E-state index contributed by atoms with van der Waals surface area (Å²) in [7, 11) is 0. The number of carbonyl (C=O) groups excluding carboxylic acids is 1. The number of nitrogens with zero attached hydrogens (tertiary/aromatic N) is 1. The fourth-order valence-corrected chi connectivity index (χ4v) is 3.42. The van der Waals surface area contributed by atoms with Gasteiger partial charge in [0, 0.05) is 16.8 Å². The molecule has 0 bridgehead atoms. The number of anilines is 1. The van der Waals surface area contributed by atoms with Gasteiger partial charge in [0.2, 0.25) is 0 Å². The smallest absolute Gasteiger partial charge is 0.259 e. The first-order valence-electron chi connectivity index (χ1n) is 7.69. The first kappa shape index (κ1) is 15.6. The first-order valence-corrected chi connectivity index (χ1v) is 8.91. The highest BCUT2D eigenvalue weighted by atomic mass is 32.2. The minimum atomic E-state index is 0.0498. The van der Waals surface area contributed by atoms with E-state index in [0.717, 1.165) is 26.9 Å². The second-order valence-corrected chi connectivity index (χ2v) is 6.10. The Hall–Kier alpha value is -2.26. The maximum Gasteiger partial charge on any atom is 0.259 e. The number of hydrogen-bond donors (Lipinski definition) is 0. The highest BCUT2D eigenvalue weighted by molar-refractivity contribution is 7.98. The molecule has 0 atom stereocenters. The highest BCUT2D eigenvalue weighted by Gasteiger charge is 2.20. The lowest BCUT2D eigenvalue weighted by Gasteiger charge is -2.23. The van der Waals surface area contributed by atoms with Gasteiger partial charge in [0.15, 0.2) is 0 Å². The molecule has 3 aromatic carbocycles. The molecule has 0 aromatic heterocycles. The van der Waals surface area contributed by atoms with E-state index in [2.05, 4.69) is 18.2 Å². The summed E-state index contributed by atoms with van der Waals surface area (Å²) in [5.74, 6) is 0.0498. The van der Waals surface area contributed by atoms with Crippen LogP contribution < -0.4 is 4.90 Å². The van der Waals surface area contributed by atoms with Crippen molar-refractivity contribution in [2.24, 2.45) is 0 Å². The van der Waals surface area contributed by atoms with E-state index in [1.807, 2.05) is 66.6 Å². The molecular weight excluding hydrogens is 302 g/mol. The van der Waals surface area contributed by atoms with Crippen molar-refractivity contribution in [2.75, 3.05) is 17.7 Å². The maximum absolute atomic E-state index is 13.1. The van der Waals surface area contributed by atoms with E-state index in [-0.39, 0.29) is 5.91 Å². The largest absolute Gasteiger partial charge is 0.308 e. The quantitative estimate of drug-likeness (QED) is 0.613. The lowest BCUT2D eigenvalue weighted by atomic mass is 10.1. The Kier molecular flexibility index (Phi) is 4.68. The van der Waals surface area contributed by atoms with Crippen molar-refractivity contribution in [2.45, 2.75) is 11.8 Å². The van der Waals surface area contributed by atoms with E-state index in [1.165, 1.54) is 0 Å². The number of carbonyl (C=O) groups is 1. The molecule has 23 heavy (non-hydrogen) atoms. The van der Waals surface area contributed by atoms with Gasteiger partial charge in [-0.15, -0.1) is 11.8 Å². The molecule has 3 aromatic rings. The Morgan fingerprint density at radius 3 is 2.43 bits per heavy atom. The monoisotopic (exact) mass is 321 g/mol. The van der Waals surface area contributed by atoms with Crippen LogP contribution in [0, 0.1) is 0 Å². The molecule has 0 aliphatic rings. The van der Waals surface area contributed by atoms with E-state index < -0.39 is 0 Å². The fraction of sp³-hybridized carbons (Fsp3) is 0.150. The molecule has 0 saturated carbocycles. The molecule has 0 radical (unpaired) electrons. The molecule has 0 aliphatic heterocycles. The van der Waals surface area contributed by atoms with Crippen molar-refractivity contribution in [1.82, 2.24) is 0 Å². The summed E-state index contributed by atoms with van der Waals surface area (Å²) in [6, 6.07) is 22.1. The Morgan fingerprint density at radius 2 is 1.65 bits per heavy atom. The summed E-state index contributed by atoms with van der Waals surface area (Å²) in [4.78, 5) is 16.0. The van der Waals surface area contributed by atoms with Gasteiger partial charge in [-0.05, 0) is 36.8 Å². The van der Waals surface area contributed by atoms with Crippen LogP contribution in [0.3, 0.4) is 0 Å². The second-order valence-electron chi connectivity index (χ2n) is 5.25. The van der Waals surface area contributed by atoms with Crippen LogP contribution in [0.25, 0.3) is 10.8 Å². The molecule has 0 heterocycles. The summed E-state index contributed by atoms with van der Waals surface area (Å²) in [5.41, 5.74) is 1.72. The van der Waals surface area contributed by atoms with Gasteiger partial charge in [-0.2, -0.15) is 0 Å². The summed E-state index contributed by atoms with van der Waals surface area (Å²) in [6.07, 6.45) is 2.00. The molecule has 3 rings (SSSR count). The van der Waals surface area contributed by atoms with Gasteiger partial charge in [-0.3, -0.25) is 4.79 Å². The Bertz CT molecular complexity index is 838. The molecule has 0 N–H and O–H groups in total. The van der Waals surface area contributed by atoms with Crippen molar-refractivity contribution < 1.29 is 4.79 Å². The SMILES string of the molecule is CCN(C(=O)c1ccccc1SC)c1cccc2ccccc12. The lowest BCUT2D eigenvalue weighted by Crippen LogP contribution is -2.31. The van der Waals surface area contributed by atoms with Gasteiger partial charge in [0.25, 0.3) is 5.91 Å². The highest BCUT2D eigenvalue weighted by Crippen LogP contribution is 2.29. The van der Waals surface area contributed by atoms with E-state index in [4.69, 9.17) is 0 Å². The number of benzene rings is 3. The predicted molar refractivity (Wildman–Crippen MR) is 99.5 cm³/mol. The van der Waals surface area contributed by atoms with Crippen LogP contribution >= 0.6 is 11.8 Å². The first-order chi connectivity index (χ1) is 11.3. The molecule has 116 valence electrons. The van der Waals surface area contributed by atoms with E-state index in [1.54, 1.807) is 11.8 Å². The summed E-state index contributed by atoms with van der Waals surface area (Å²) in [6.45, 7) is 2.65. The molecular formula is C20H19NOS. The zero-order valence-electron chi connectivity index (χ0n) is 13.3. The minimum Gasteiger partial charge on any atom is -0.308 e. The lowest BCUT2D eigenvalue weighted by molar-refractivity contribution is 0.0986. The second kappa shape index (κ2) is 6.88. The van der Waals surface area contributed by atoms with Gasteiger partial charge in [0.05, 0.1) is 11.3 Å². The van der Waals surface area contributed by atoms with Crippen LogP contribution in [0.5, 0.6) is 0 Å². The van der Waals surface area contributed by atoms with Gasteiger partial charge >= 0.3 is 0 Å². The molecule has 0 saturated heterocycles. The molecule has 0 fully saturated rings. The third kappa shape index (κ3) is 2.97. The van der Waals surface area contributed by atoms with Crippen molar-refractivity contribution in [3.63, 3.8) is 0 Å². The summed E-state index contributed by atoms with van der Waals surface area (Å²) >= 11 is 1.60. The predicted octanol–water partition coefficient (Wildman–Crippen LogP) is 5.23. The van der Waals surface area contributed by atoms with Crippen LogP contribution in [0.4, 0.5) is 5.69 Å². The molecule has 2 nitrogen and oxygen atoms in total.